The molecule has 0 saturated carbocycles. The molecule has 160 valence electrons. The molecule has 0 aliphatic rings. The van der Waals surface area contributed by atoms with Gasteiger partial charge in [0.2, 0.25) is 5.91 Å². The number of para-hydroxylation sites is 1. The van der Waals surface area contributed by atoms with Gasteiger partial charge in [0.25, 0.3) is 0 Å². The Morgan fingerprint density at radius 2 is 1.75 bits per heavy atom. The topological polar surface area (TPSA) is 90.3 Å². The lowest BCUT2D eigenvalue weighted by molar-refractivity contribution is -0.114. The lowest BCUT2D eigenvalue weighted by atomic mass is 10.1. The maximum absolute atomic E-state index is 12.8. The minimum absolute atomic E-state index is 0.199. The van der Waals surface area contributed by atoms with Crippen LogP contribution in [0.15, 0.2) is 78.3 Å². The van der Waals surface area contributed by atoms with E-state index >= 15 is 0 Å². The van der Waals surface area contributed by atoms with Crippen LogP contribution in [0.1, 0.15) is 27.6 Å². The Hall–Kier alpha value is -4.04. The number of hydrogen-bond acceptors (Lipinski definition) is 6. The zero-order chi connectivity index (χ0) is 22.5. The van der Waals surface area contributed by atoms with Crippen molar-refractivity contribution in [1.29, 1.82) is 0 Å². The second-order valence-electron chi connectivity index (χ2n) is 6.91. The van der Waals surface area contributed by atoms with Crippen LogP contribution in [0.5, 0.6) is 0 Å². The molecule has 2 heterocycles. The van der Waals surface area contributed by atoms with Gasteiger partial charge >= 0.3 is 5.97 Å². The maximum Gasteiger partial charge on any atom is 0.342 e. The summed E-state index contributed by atoms with van der Waals surface area (Å²) in [5.74, 6) is -1.17. The number of thiophene rings is 1. The van der Waals surface area contributed by atoms with Gasteiger partial charge in [-0.25, -0.2) is 9.48 Å². The van der Waals surface area contributed by atoms with Crippen LogP contribution in [-0.2, 0) is 9.53 Å². The summed E-state index contributed by atoms with van der Waals surface area (Å²) < 4.78 is 6.94. The van der Waals surface area contributed by atoms with E-state index in [0.717, 1.165) is 10.6 Å². The minimum atomic E-state index is -0.626. The van der Waals surface area contributed by atoms with Crippen molar-refractivity contribution in [1.82, 2.24) is 9.78 Å². The highest BCUT2D eigenvalue weighted by Gasteiger charge is 2.21. The summed E-state index contributed by atoms with van der Waals surface area (Å²) >= 11 is 1.46. The van der Waals surface area contributed by atoms with Gasteiger partial charge in [0.1, 0.15) is 11.3 Å². The Morgan fingerprint density at radius 3 is 2.41 bits per heavy atom. The van der Waals surface area contributed by atoms with Gasteiger partial charge in [-0.1, -0.05) is 24.3 Å². The molecule has 1 N–H and O–H groups in total. The smallest absolute Gasteiger partial charge is 0.342 e. The molecular weight excluding hydrogens is 426 g/mol. The van der Waals surface area contributed by atoms with E-state index in [0.29, 0.717) is 16.9 Å². The van der Waals surface area contributed by atoms with E-state index in [1.54, 1.807) is 35.1 Å². The number of rotatable bonds is 7. The summed E-state index contributed by atoms with van der Waals surface area (Å²) in [6.45, 7) is 1.00. The Labute approximate surface area is 188 Å². The second kappa shape index (κ2) is 9.40. The first kappa shape index (κ1) is 21.2. The van der Waals surface area contributed by atoms with E-state index in [-0.39, 0.29) is 17.3 Å². The van der Waals surface area contributed by atoms with Crippen LogP contribution in [0.25, 0.3) is 16.3 Å². The van der Waals surface area contributed by atoms with Gasteiger partial charge < -0.3 is 10.1 Å². The molecule has 0 fully saturated rings. The van der Waals surface area contributed by atoms with Crippen molar-refractivity contribution in [2.24, 2.45) is 0 Å². The van der Waals surface area contributed by atoms with E-state index < -0.39 is 12.6 Å². The lowest BCUT2D eigenvalue weighted by Gasteiger charge is -2.06. The molecule has 0 atom stereocenters. The predicted molar refractivity (Wildman–Crippen MR) is 122 cm³/mol. The standard InChI is InChI=1S/C24H19N3O4S/c1-16(28)25-18-11-9-17(10-12-18)21(29)15-31-24(30)20-14-27(19-6-3-2-4-7-19)26-23(20)22-8-5-13-32-22/h2-14H,15H2,1H3,(H,25,28). The third-order valence-electron chi connectivity index (χ3n) is 4.57. The van der Waals surface area contributed by atoms with E-state index in [1.807, 2.05) is 47.8 Å². The molecule has 0 aliphatic heterocycles. The number of Topliss-reactive ketones (excluding diaryl/α,β-unsaturated/α-hetero) is 1. The number of aromatic nitrogens is 2. The zero-order valence-electron chi connectivity index (χ0n) is 17.1. The molecule has 0 bridgehead atoms. The summed E-state index contributed by atoms with van der Waals surface area (Å²) in [5, 5.41) is 9.11. The summed E-state index contributed by atoms with van der Waals surface area (Å²) in [6, 6.07) is 19.6. The van der Waals surface area contributed by atoms with E-state index in [2.05, 4.69) is 10.4 Å². The van der Waals surface area contributed by atoms with Crippen molar-refractivity contribution in [3.8, 4) is 16.3 Å². The molecule has 0 radical (unpaired) electrons. The van der Waals surface area contributed by atoms with Gasteiger partial charge in [-0.3, -0.25) is 9.59 Å². The van der Waals surface area contributed by atoms with E-state index in [9.17, 15) is 14.4 Å². The molecular formula is C24H19N3O4S. The third kappa shape index (κ3) is 4.81. The first-order chi connectivity index (χ1) is 15.5. The molecule has 0 unspecified atom stereocenters. The van der Waals surface area contributed by atoms with Crippen molar-refractivity contribution in [2.45, 2.75) is 6.92 Å². The lowest BCUT2D eigenvalue weighted by Crippen LogP contribution is -2.14. The number of anilines is 1. The largest absolute Gasteiger partial charge is 0.454 e. The van der Waals surface area contributed by atoms with Crippen molar-refractivity contribution >= 4 is 34.7 Å². The van der Waals surface area contributed by atoms with Crippen LogP contribution < -0.4 is 5.32 Å². The first-order valence-corrected chi connectivity index (χ1v) is 10.7. The average molecular weight is 446 g/mol. The number of carbonyl (C=O) groups is 3. The van der Waals surface area contributed by atoms with Crippen LogP contribution in [0.3, 0.4) is 0 Å². The SMILES string of the molecule is CC(=O)Nc1ccc(C(=O)COC(=O)c2cn(-c3ccccc3)nc2-c2cccs2)cc1. The van der Waals surface area contributed by atoms with Gasteiger partial charge in [0.05, 0.1) is 10.6 Å². The highest BCUT2D eigenvalue weighted by atomic mass is 32.1. The quantitative estimate of drug-likeness (QED) is 0.332. The average Bonchev–Trinajstić information content (AvgIpc) is 3.48. The maximum atomic E-state index is 12.8. The molecule has 4 aromatic rings. The van der Waals surface area contributed by atoms with Gasteiger partial charge in [-0.05, 0) is 47.8 Å². The van der Waals surface area contributed by atoms with Gasteiger partial charge in [-0.2, -0.15) is 5.10 Å². The molecule has 1 amide bonds. The normalized spacial score (nSPS) is 10.5. The second-order valence-corrected chi connectivity index (χ2v) is 7.85. The van der Waals surface area contributed by atoms with Gasteiger partial charge in [-0.15, -0.1) is 11.3 Å². The summed E-state index contributed by atoms with van der Waals surface area (Å²) in [4.78, 5) is 37.2. The molecule has 8 heteroatoms. The number of ether oxygens (including phenoxy) is 1. The van der Waals surface area contributed by atoms with Crippen molar-refractivity contribution < 1.29 is 19.1 Å². The zero-order valence-corrected chi connectivity index (χ0v) is 18.0. The number of ketones is 1. The van der Waals surface area contributed by atoms with Crippen LogP contribution >= 0.6 is 11.3 Å². The molecule has 0 saturated heterocycles. The monoisotopic (exact) mass is 445 g/mol. The number of carbonyl (C=O) groups excluding carboxylic acids is 3. The molecule has 2 aromatic carbocycles. The van der Waals surface area contributed by atoms with Crippen molar-refractivity contribution in [2.75, 3.05) is 11.9 Å². The number of hydrogen-bond donors (Lipinski definition) is 1. The van der Waals surface area contributed by atoms with Gasteiger partial charge in [0.15, 0.2) is 12.4 Å². The summed E-state index contributed by atoms with van der Waals surface area (Å²) in [5.41, 5.74) is 2.55. The number of benzene rings is 2. The molecule has 2 aromatic heterocycles. The fourth-order valence-corrected chi connectivity index (χ4v) is 3.79. The number of amides is 1. The first-order valence-electron chi connectivity index (χ1n) is 9.78. The highest BCUT2D eigenvalue weighted by molar-refractivity contribution is 7.13. The fourth-order valence-electron chi connectivity index (χ4n) is 3.07. The van der Waals surface area contributed by atoms with E-state index in [4.69, 9.17) is 4.74 Å². The fraction of sp³-hybridized carbons (Fsp3) is 0.0833. The summed E-state index contributed by atoms with van der Waals surface area (Å²) in [6.07, 6.45) is 1.61. The Balaban J connectivity index is 1.51. The Bertz CT molecular complexity index is 1250. The van der Waals surface area contributed by atoms with Crippen molar-refractivity contribution in [3.63, 3.8) is 0 Å². The summed E-state index contributed by atoms with van der Waals surface area (Å²) in [7, 11) is 0. The van der Waals surface area contributed by atoms with Crippen LogP contribution in [0.4, 0.5) is 5.69 Å². The predicted octanol–water partition coefficient (Wildman–Crippen LogP) is 4.60. The van der Waals surface area contributed by atoms with Crippen LogP contribution in [0.2, 0.25) is 0 Å². The number of nitrogens with one attached hydrogen (secondary N) is 1. The molecule has 32 heavy (non-hydrogen) atoms. The van der Waals surface area contributed by atoms with Crippen LogP contribution in [-0.4, -0.2) is 34.0 Å². The number of nitrogens with zero attached hydrogens (tertiary/aromatic N) is 2. The van der Waals surface area contributed by atoms with E-state index in [1.165, 1.54) is 18.3 Å². The molecule has 7 nitrogen and oxygen atoms in total. The Kier molecular flexibility index (Phi) is 6.23. The van der Waals surface area contributed by atoms with Crippen LogP contribution in [0, 0.1) is 0 Å². The van der Waals surface area contributed by atoms with Gasteiger partial charge in [0, 0.05) is 24.4 Å². The molecule has 4 rings (SSSR count). The number of esters is 1. The molecule has 0 aliphatic carbocycles. The molecule has 0 spiro atoms. The minimum Gasteiger partial charge on any atom is -0.454 e. The third-order valence-corrected chi connectivity index (χ3v) is 5.45. The Morgan fingerprint density at radius 1 is 1.00 bits per heavy atom. The highest BCUT2D eigenvalue weighted by Crippen LogP contribution is 2.28. The van der Waals surface area contributed by atoms with Crippen molar-refractivity contribution in [3.05, 3.63) is 89.4 Å².